The highest BCUT2D eigenvalue weighted by molar-refractivity contribution is 5.16. The topological polar surface area (TPSA) is 18.5 Å². The molecule has 1 atom stereocenters. The molecule has 0 amide bonds. The van der Waals surface area contributed by atoms with Gasteiger partial charge in [0.25, 0.3) is 0 Å². The Morgan fingerprint density at radius 3 is 2.56 bits per heavy atom. The summed E-state index contributed by atoms with van der Waals surface area (Å²) >= 11 is 0. The van der Waals surface area contributed by atoms with E-state index < -0.39 is 0 Å². The highest BCUT2D eigenvalue weighted by atomic mass is 19.1. The Hall–Kier alpha value is -0.930. The summed E-state index contributed by atoms with van der Waals surface area (Å²) in [5.41, 5.74) is 0.281. The fraction of sp³-hybridized carbons (Fsp3) is 0.600. The lowest BCUT2D eigenvalue weighted by atomic mass is 10.0. The normalized spacial score (nSPS) is 26.4. The van der Waals surface area contributed by atoms with E-state index in [1.165, 1.54) is 6.07 Å². The monoisotopic (exact) mass is 252 g/mol. The van der Waals surface area contributed by atoms with Gasteiger partial charge < -0.3 is 9.47 Å². The zero-order valence-electron chi connectivity index (χ0n) is 11.3. The largest absolute Gasteiger partial charge is 0.374 e. The lowest BCUT2D eigenvalue weighted by Gasteiger charge is -2.27. The third-order valence-electron chi connectivity index (χ3n) is 3.40. The van der Waals surface area contributed by atoms with Crippen LogP contribution >= 0.6 is 0 Å². The molecule has 1 aromatic rings. The summed E-state index contributed by atoms with van der Waals surface area (Å²) in [4.78, 5) is 0. The lowest BCUT2D eigenvalue weighted by molar-refractivity contribution is -0.115. The Kier molecular flexibility index (Phi) is 3.74. The second kappa shape index (κ2) is 4.98. The Balaban J connectivity index is 1.85. The summed E-state index contributed by atoms with van der Waals surface area (Å²) < 4.78 is 25.0. The molecule has 0 aromatic heterocycles. The number of hydrogen-bond donors (Lipinski definition) is 0. The first-order valence-corrected chi connectivity index (χ1v) is 6.42. The van der Waals surface area contributed by atoms with E-state index in [2.05, 4.69) is 20.8 Å². The Bertz CT molecular complexity index is 417. The molecule has 1 aliphatic heterocycles. The predicted octanol–water partition coefficient (Wildman–Crippen LogP) is 3.69. The van der Waals surface area contributed by atoms with Crippen LogP contribution in [0.3, 0.4) is 0 Å². The van der Waals surface area contributed by atoms with Crippen molar-refractivity contribution in [2.24, 2.45) is 0 Å². The molecule has 100 valence electrons. The van der Waals surface area contributed by atoms with Crippen LogP contribution in [0, 0.1) is 5.82 Å². The lowest BCUT2D eigenvalue weighted by Crippen LogP contribution is -2.33. The van der Waals surface area contributed by atoms with Crippen molar-refractivity contribution in [2.75, 3.05) is 6.61 Å². The van der Waals surface area contributed by atoms with Crippen LogP contribution in [0.5, 0.6) is 0 Å². The van der Waals surface area contributed by atoms with Crippen LogP contribution in [0.2, 0.25) is 0 Å². The third kappa shape index (κ3) is 3.30. The van der Waals surface area contributed by atoms with E-state index >= 15 is 0 Å². The van der Waals surface area contributed by atoms with Crippen LogP contribution in [0.1, 0.15) is 39.2 Å². The fourth-order valence-corrected chi connectivity index (χ4v) is 2.43. The van der Waals surface area contributed by atoms with Crippen molar-refractivity contribution in [2.45, 2.75) is 51.4 Å². The summed E-state index contributed by atoms with van der Waals surface area (Å²) in [6, 6.07) is 6.70. The maximum absolute atomic E-state index is 13.4. The molecule has 1 fully saturated rings. The van der Waals surface area contributed by atoms with Crippen molar-refractivity contribution < 1.29 is 13.9 Å². The minimum Gasteiger partial charge on any atom is -0.374 e. The van der Waals surface area contributed by atoms with Crippen LogP contribution in [0.15, 0.2) is 24.3 Å². The summed E-state index contributed by atoms with van der Waals surface area (Å²) in [6.07, 6.45) is 2.02. The minimum atomic E-state index is -0.241. The van der Waals surface area contributed by atoms with Gasteiger partial charge in [-0.2, -0.15) is 0 Å². The molecule has 0 spiro atoms. The van der Waals surface area contributed by atoms with Crippen molar-refractivity contribution in [3.63, 3.8) is 0 Å². The summed E-state index contributed by atoms with van der Waals surface area (Å²) in [7, 11) is 0. The van der Waals surface area contributed by atoms with Gasteiger partial charge in [0, 0.05) is 5.56 Å². The van der Waals surface area contributed by atoms with E-state index in [0.29, 0.717) is 18.8 Å². The number of benzene rings is 1. The number of rotatable bonds is 4. The fourth-order valence-electron chi connectivity index (χ4n) is 2.43. The first-order valence-electron chi connectivity index (χ1n) is 6.42. The van der Waals surface area contributed by atoms with E-state index in [-0.39, 0.29) is 17.0 Å². The van der Waals surface area contributed by atoms with Gasteiger partial charge in [0.15, 0.2) is 0 Å². The van der Waals surface area contributed by atoms with Gasteiger partial charge in [-0.15, -0.1) is 0 Å². The summed E-state index contributed by atoms with van der Waals surface area (Å²) in [5, 5.41) is 0. The molecule has 18 heavy (non-hydrogen) atoms. The summed E-state index contributed by atoms with van der Waals surface area (Å²) in [5.74, 6) is -0.213. The average Bonchev–Trinajstić information content (AvgIpc) is 2.56. The predicted molar refractivity (Wildman–Crippen MR) is 68.9 cm³/mol. The van der Waals surface area contributed by atoms with E-state index in [1.54, 1.807) is 12.1 Å². The molecular weight excluding hydrogens is 231 g/mol. The first kappa shape index (κ1) is 13.5. The zero-order chi connectivity index (χ0) is 13.2. The van der Waals surface area contributed by atoms with Crippen molar-refractivity contribution in [3.8, 4) is 0 Å². The molecule has 1 saturated heterocycles. The molecule has 0 aliphatic carbocycles. The van der Waals surface area contributed by atoms with Gasteiger partial charge in [-0.25, -0.2) is 4.39 Å². The maximum Gasteiger partial charge on any atom is 0.128 e. The number of halogens is 1. The molecule has 0 bridgehead atoms. The van der Waals surface area contributed by atoms with E-state index in [9.17, 15) is 4.39 Å². The smallest absolute Gasteiger partial charge is 0.128 e. The molecule has 1 aliphatic rings. The van der Waals surface area contributed by atoms with Gasteiger partial charge in [-0.1, -0.05) is 18.2 Å². The van der Waals surface area contributed by atoms with Crippen molar-refractivity contribution in [1.82, 2.24) is 0 Å². The maximum atomic E-state index is 13.4. The molecule has 0 radical (unpaired) electrons. The standard InChI is InChI=1S/C15H21FO2/c1-14(2)8-9-15(3,18-14)11-17-10-12-6-4-5-7-13(12)16/h4-7H,8-11H2,1-3H3. The zero-order valence-corrected chi connectivity index (χ0v) is 11.3. The second-order valence-electron chi connectivity index (χ2n) is 5.90. The van der Waals surface area contributed by atoms with Crippen molar-refractivity contribution in [3.05, 3.63) is 35.6 Å². The first-order chi connectivity index (χ1) is 8.40. The van der Waals surface area contributed by atoms with E-state index in [4.69, 9.17) is 9.47 Å². The molecule has 0 N–H and O–H groups in total. The van der Waals surface area contributed by atoms with Crippen molar-refractivity contribution >= 4 is 0 Å². The molecule has 3 heteroatoms. The Morgan fingerprint density at radius 1 is 1.22 bits per heavy atom. The number of hydrogen-bond acceptors (Lipinski definition) is 2. The van der Waals surface area contributed by atoms with Crippen LogP contribution in [-0.2, 0) is 16.1 Å². The SMILES string of the molecule is CC1(C)CCC(C)(COCc2ccccc2F)O1. The van der Waals surface area contributed by atoms with Crippen LogP contribution in [0.25, 0.3) is 0 Å². The number of ether oxygens (including phenoxy) is 2. The third-order valence-corrected chi connectivity index (χ3v) is 3.40. The molecule has 2 rings (SSSR count). The Labute approximate surface area is 108 Å². The van der Waals surface area contributed by atoms with Gasteiger partial charge >= 0.3 is 0 Å². The van der Waals surface area contributed by atoms with E-state index in [0.717, 1.165) is 12.8 Å². The minimum absolute atomic E-state index is 0.0733. The van der Waals surface area contributed by atoms with Gasteiger partial charge in [0.1, 0.15) is 5.82 Å². The van der Waals surface area contributed by atoms with Crippen molar-refractivity contribution in [1.29, 1.82) is 0 Å². The average molecular weight is 252 g/mol. The van der Waals surface area contributed by atoms with Gasteiger partial charge in [0.2, 0.25) is 0 Å². The second-order valence-corrected chi connectivity index (χ2v) is 5.90. The molecule has 1 heterocycles. The van der Waals surface area contributed by atoms with Crippen LogP contribution in [-0.4, -0.2) is 17.8 Å². The quantitative estimate of drug-likeness (QED) is 0.813. The van der Waals surface area contributed by atoms with Gasteiger partial charge in [-0.3, -0.25) is 0 Å². The molecular formula is C15H21FO2. The molecule has 1 unspecified atom stereocenters. The highest BCUT2D eigenvalue weighted by Crippen LogP contribution is 2.37. The van der Waals surface area contributed by atoms with Gasteiger partial charge in [0.05, 0.1) is 24.4 Å². The molecule has 1 aromatic carbocycles. The highest BCUT2D eigenvalue weighted by Gasteiger charge is 2.40. The van der Waals surface area contributed by atoms with Crippen LogP contribution < -0.4 is 0 Å². The van der Waals surface area contributed by atoms with Gasteiger partial charge in [-0.05, 0) is 39.7 Å². The Morgan fingerprint density at radius 2 is 1.94 bits per heavy atom. The summed E-state index contributed by atoms with van der Waals surface area (Å²) in [6.45, 7) is 7.05. The molecule has 2 nitrogen and oxygen atoms in total. The molecule has 0 saturated carbocycles. The van der Waals surface area contributed by atoms with E-state index in [1.807, 2.05) is 6.07 Å². The van der Waals surface area contributed by atoms with Crippen LogP contribution in [0.4, 0.5) is 4.39 Å².